The summed E-state index contributed by atoms with van der Waals surface area (Å²) < 4.78 is 2.16. The standard InChI is InChI=1S/C28H27N3/c1-30(28-14-6-10-22-8-3-5-12-27(22)28)20-24-16-15-23-9-2-4-11-25(23)26(24)13-7-18-31-19-17-29-21-31/h2-6,8-12,14-17,19,21H,7,13,18,20H2,1H3. The second-order valence-corrected chi connectivity index (χ2v) is 8.18. The SMILES string of the molecule is CN(Cc1ccc2ccccc2c1CCCn1ccnc1)c1cccc2ccccc12. The van der Waals surface area contributed by atoms with Gasteiger partial charge in [-0.05, 0) is 46.2 Å². The molecule has 31 heavy (non-hydrogen) atoms. The number of aryl methyl sites for hydroxylation is 2. The molecule has 1 heterocycles. The summed E-state index contributed by atoms with van der Waals surface area (Å²) in [6, 6.07) is 28.5. The molecule has 0 unspecified atom stereocenters. The number of hydrogen-bond donors (Lipinski definition) is 0. The maximum absolute atomic E-state index is 4.17. The number of fused-ring (bicyclic) bond motifs is 2. The van der Waals surface area contributed by atoms with E-state index in [4.69, 9.17) is 0 Å². The molecule has 0 saturated carbocycles. The van der Waals surface area contributed by atoms with Crippen LogP contribution >= 0.6 is 0 Å². The zero-order valence-electron chi connectivity index (χ0n) is 17.9. The highest BCUT2D eigenvalue weighted by molar-refractivity contribution is 5.94. The van der Waals surface area contributed by atoms with Crippen molar-refractivity contribution in [1.29, 1.82) is 0 Å². The summed E-state index contributed by atoms with van der Waals surface area (Å²) in [4.78, 5) is 6.55. The number of anilines is 1. The van der Waals surface area contributed by atoms with Gasteiger partial charge >= 0.3 is 0 Å². The lowest BCUT2D eigenvalue weighted by Gasteiger charge is -2.24. The van der Waals surface area contributed by atoms with Gasteiger partial charge in [-0.15, -0.1) is 0 Å². The van der Waals surface area contributed by atoms with Crippen molar-refractivity contribution >= 4 is 27.2 Å². The number of hydrogen-bond acceptors (Lipinski definition) is 2. The van der Waals surface area contributed by atoms with Gasteiger partial charge in [0.25, 0.3) is 0 Å². The van der Waals surface area contributed by atoms with Crippen LogP contribution in [0, 0.1) is 0 Å². The Hall–Kier alpha value is -3.59. The zero-order valence-corrected chi connectivity index (χ0v) is 17.9. The molecule has 0 atom stereocenters. The lowest BCUT2D eigenvalue weighted by atomic mass is 9.95. The Morgan fingerprint density at radius 3 is 2.35 bits per heavy atom. The minimum atomic E-state index is 0.888. The molecule has 1 aromatic heterocycles. The van der Waals surface area contributed by atoms with Gasteiger partial charge in [0.15, 0.2) is 0 Å². The molecule has 5 aromatic rings. The van der Waals surface area contributed by atoms with Gasteiger partial charge in [0.05, 0.1) is 6.33 Å². The minimum absolute atomic E-state index is 0.888. The van der Waals surface area contributed by atoms with Gasteiger partial charge in [-0.25, -0.2) is 4.98 Å². The highest BCUT2D eigenvalue weighted by atomic mass is 15.1. The highest BCUT2D eigenvalue weighted by Gasteiger charge is 2.12. The average molecular weight is 406 g/mol. The van der Waals surface area contributed by atoms with Crippen molar-refractivity contribution in [2.75, 3.05) is 11.9 Å². The third-order valence-corrected chi connectivity index (χ3v) is 6.13. The van der Waals surface area contributed by atoms with E-state index in [1.807, 2.05) is 18.7 Å². The maximum atomic E-state index is 4.17. The van der Waals surface area contributed by atoms with Crippen LogP contribution in [-0.4, -0.2) is 16.6 Å². The molecule has 154 valence electrons. The molecule has 0 saturated heterocycles. The van der Waals surface area contributed by atoms with Crippen LogP contribution in [0.2, 0.25) is 0 Å². The van der Waals surface area contributed by atoms with Gasteiger partial charge in [0.1, 0.15) is 0 Å². The first kappa shape index (κ1) is 19.4. The quantitative estimate of drug-likeness (QED) is 0.310. The van der Waals surface area contributed by atoms with Crippen molar-refractivity contribution in [3.63, 3.8) is 0 Å². The van der Waals surface area contributed by atoms with Crippen LogP contribution in [0.4, 0.5) is 5.69 Å². The lowest BCUT2D eigenvalue weighted by molar-refractivity contribution is 0.641. The third-order valence-electron chi connectivity index (χ3n) is 6.13. The summed E-state index contributed by atoms with van der Waals surface area (Å²) in [6.07, 6.45) is 7.94. The second kappa shape index (κ2) is 8.65. The minimum Gasteiger partial charge on any atom is -0.370 e. The van der Waals surface area contributed by atoms with Crippen molar-refractivity contribution in [2.45, 2.75) is 25.9 Å². The van der Waals surface area contributed by atoms with Crippen molar-refractivity contribution in [2.24, 2.45) is 0 Å². The second-order valence-electron chi connectivity index (χ2n) is 8.18. The highest BCUT2D eigenvalue weighted by Crippen LogP contribution is 2.30. The molecule has 3 nitrogen and oxygen atoms in total. The van der Waals surface area contributed by atoms with E-state index in [2.05, 4.69) is 100 Å². The van der Waals surface area contributed by atoms with Crippen LogP contribution < -0.4 is 4.90 Å². The number of aromatic nitrogens is 2. The van der Waals surface area contributed by atoms with Crippen LogP contribution in [-0.2, 0) is 19.5 Å². The molecular formula is C28H27N3. The van der Waals surface area contributed by atoms with E-state index in [1.165, 1.54) is 38.4 Å². The normalized spacial score (nSPS) is 11.3. The molecule has 0 bridgehead atoms. The predicted octanol–water partition coefficient (Wildman–Crippen LogP) is 6.46. The molecule has 5 rings (SSSR count). The first-order chi connectivity index (χ1) is 15.3. The fourth-order valence-corrected chi connectivity index (χ4v) is 4.56. The summed E-state index contributed by atoms with van der Waals surface area (Å²) in [7, 11) is 2.20. The summed E-state index contributed by atoms with van der Waals surface area (Å²) in [6.45, 7) is 1.88. The average Bonchev–Trinajstić information content (AvgIpc) is 3.33. The van der Waals surface area contributed by atoms with E-state index in [0.717, 1.165) is 25.9 Å². The molecule has 0 amide bonds. The summed E-state index contributed by atoms with van der Waals surface area (Å²) in [5.74, 6) is 0. The molecule has 0 aliphatic carbocycles. The van der Waals surface area contributed by atoms with Gasteiger partial charge in [-0.1, -0.05) is 72.8 Å². The van der Waals surface area contributed by atoms with Crippen LogP contribution in [0.3, 0.4) is 0 Å². The van der Waals surface area contributed by atoms with Gasteiger partial charge in [-0.3, -0.25) is 0 Å². The first-order valence-electron chi connectivity index (χ1n) is 10.9. The van der Waals surface area contributed by atoms with E-state index in [1.54, 1.807) is 0 Å². The molecule has 0 N–H and O–H groups in total. The number of nitrogens with zero attached hydrogens (tertiary/aromatic N) is 3. The van der Waals surface area contributed by atoms with Gasteiger partial charge in [0.2, 0.25) is 0 Å². The van der Waals surface area contributed by atoms with Crippen molar-refractivity contribution < 1.29 is 0 Å². The summed E-state index contributed by atoms with van der Waals surface area (Å²) >= 11 is 0. The van der Waals surface area contributed by atoms with Crippen LogP contribution in [0.25, 0.3) is 21.5 Å². The Morgan fingerprint density at radius 2 is 1.55 bits per heavy atom. The lowest BCUT2D eigenvalue weighted by Crippen LogP contribution is -2.18. The Morgan fingerprint density at radius 1 is 0.806 bits per heavy atom. The van der Waals surface area contributed by atoms with Crippen LogP contribution in [0.15, 0.2) is 97.6 Å². The molecule has 0 aliphatic rings. The summed E-state index contributed by atoms with van der Waals surface area (Å²) in [5, 5.41) is 5.27. The molecule has 0 fully saturated rings. The molecule has 0 aliphatic heterocycles. The molecule has 4 aromatic carbocycles. The van der Waals surface area contributed by atoms with Gasteiger partial charge in [-0.2, -0.15) is 0 Å². The first-order valence-corrected chi connectivity index (χ1v) is 10.9. The van der Waals surface area contributed by atoms with E-state index < -0.39 is 0 Å². The van der Waals surface area contributed by atoms with Crippen LogP contribution in [0.5, 0.6) is 0 Å². The predicted molar refractivity (Wildman–Crippen MR) is 131 cm³/mol. The fraction of sp³-hybridized carbons (Fsp3) is 0.179. The molecular weight excluding hydrogens is 378 g/mol. The largest absolute Gasteiger partial charge is 0.370 e. The molecule has 3 heteroatoms. The van der Waals surface area contributed by atoms with Crippen molar-refractivity contribution in [1.82, 2.24) is 9.55 Å². The zero-order chi connectivity index (χ0) is 21.0. The van der Waals surface area contributed by atoms with Gasteiger partial charge < -0.3 is 9.47 Å². The Labute approximate surface area is 183 Å². The van der Waals surface area contributed by atoms with Crippen molar-refractivity contribution in [3.05, 3.63) is 109 Å². The maximum Gasteiger partial charge on any atom is 0.0945 e. The summed E-state index contributed by atoms with van der Waals surface area (Å²) in [5.41, 5.74) is 4.14. The Kier molecular flexibility index (Phi) is 5.40. The van der Waals surface area contributed by atoms with Gasteiger partial charge in [0, 0.05) is 43.6 Å². The number of rotatable bonds is 7. The van der Waals surface area contributed by atoms with E-state index >= 15 is 0 Å². The van der Waals surface area contributed by atoms with Crippen LogP contribution in [0.1, 0.15) is 17.5 Å². The van der Waals surface area contributed by atoms with Crippen molar-refractivity contribution in [3.8, 4) is 0 Å². The fourth-order valence-electron chi connectivity index (χ4n) is 4.56. The molecule has 0 spiro atoms. The topological polar surface area (TPSA) is 21.1 Å². The Balaban J connectivity index is 1.47. The molecule has 0 radical (unpaired) electrons. The number of imidazole rings is 1. The van der Waals surface area contributed by atoms with E-state index in [0.29, 0.717) is 0 Å². The van der Waals surface area contributed by atoms with E-state index in [-0.39, 0.29) is 0 Å². The Bertz CT molecular complexity index is 1300. The monoisotopic (exact) mass is 405 g/mol. The third kappa shape index (κ3) is 4.04. The van der Waals surface area contributed by atoms with E-state index in [9.17, 15) is 0 Å². The number of benzene rings is 4. The smallest absolute Gasteiger partial charge is 0.0945 e.